The number of nitrogens with zero attached hydrogens (tertiary/aromatic N) is 1. The van der Waals surface area contributed by atoms with Gasteiger partial charge in [0.1, 0.15) is 5.76 Å². The van der Waals surface area contributed by atoms with Crippen LogP contribution in [0.1, 0.15) is 44.3 Å². The Morgan fingerprint density at radius 3 is 2.79 bits per heavy atom. The molecule has 2 rings (SSSR count). The summed E-state index contributed by atoms with van der Waals surface area (Å²) < 4.78 is 5.23. The normalized spacial score (nSPS) is 17.2. The largest absolute Gasteiger partial charge is 0.481 e. The predicted octanol–water partition coefficient (Wildman–Crippen LogP) is 1.78. The Labute approximate surface area is 141 Å². The molecular formula is C17H24N2O5. The summed E-state index contributed by atoms with van der Waals surface area (Å²) in [6.45, 7) is 1.39. The van der Waals surface area contributed by atoms with Crippen molar-refractivity contribution in [3.05, 3.63) is 24.2 Å². The minimum absolute atomic E-state index is 0.0276. The Morgan fingerprint density at radius 1 is 1.29 bits per heavy atom. The molecule has 2 N–H and O–H groups in total. The van der Waals surface area contributed by atoms with Gasteiger partial charge in [-0.05, 0) is 25.0 Å². The van der Waals surface area contributed by atoms with Gasteiger partial charge in [-0.15, -0.1) is 0 Å². The molecule has 1 atom stereocenters. The number of rotatable bonds is 10. The van der Waals surface area contributed by atoms with Crippen molar-refractivity contribution in [3.63, 3.8) is 0 Å². The van der Waals surface area contributed by atoms with Crippen molar-refractivity contribution in [2.75, 3.05) is 13.1 Å². The topological polar surface area (TPSA) is 99.8 Å². The Kier molecular flexibility index (Phi) is 6.84. The zero-order chi connectivity index (χ0) is 17.4. The predicted molar refractivity (Wildman–Crippen MR) is 86.0 cm³/mol. The molecule has 7 heteroatoms. The van der Waals surface area contributed by atoms with Gasteiger partial charge >= 0.3 is 5.97 Å². The van der Waals surface area contributed by atoms with E-state index in [-0.39, 0.29) is 30.6 Å². The van der Waals surface area contributed by atoms with Gasteiger partial charge in [0.2, 0.25) is 11.8 Å². The van der Waals surface area contributed by atoms with Gasteiger partial charge in [-0.2, -0.15) is 0 Å². The van der Waals surface area contributed by atoms with Crippen LogP contribution in [0.5, 0.6) is 0 Å². The SMILES string of the molecule is O=C(O)CCCCCCNC(=O)[C@@H]1CC(=O)N(Cc2ccco2)C1. The van der Waals surface area contributed by atoms with Crippen molar-refractivity contribution < 1.29 is 23.9 Å². The first-order chi connectivity index (χ1) is 11.6. The number of likely N-dealkylation sites (tertiary alicyclic amines) is 1. The molecule has 0 aromatic carbocycles. The standard InChI is InChI=1S/C17H24N2O5/c20-15-10-13(11-19(15)12-14-6-5-9-24-14)17(23)18-8-4-2-1-3-7-16(21)22/h5-6,9,13H,1-4,7-8,10-12H2,(H,18,23)(H,21,22)/t13-/m1/s1. The highest BCUT2D eigenvalue weighted by atomic mass is 16.4. The quantitative estimate of drug-likeness (QED) is 0.634. The average molecular weight is 336 g/mol. The number of aliphatic carboxylic acids is 1. The van der Waals surface area contributed by atoms with Gasteiger partial charge in [0.05, 0.1) is 18.7 Å². The first kappa shape index (κ1) is 18.0. The number of nitrogens with one attached hydrogen (secondary N) is 1. The molecular weight excluding hydrogens is 312 g/mol. The van der Waals surface area contributed by atoms with E-state index in [4.69, 9.17) is 9.52 Å². The molecule has 1 aromatic rings. The summed E-state index contributed by atoms with van der Waals surface area (Å²) in [7, 11) is 0. The molecule has 2 heterocycles. The van der Waals surface area contributed by atoms with Crippen LogP contribution in [0.2, 0.25) is 0 Å². The lowest BCUT2D eigenvalue weighted by molar-refractivity contribution is -0.137. The number of carbonyl (C=O) groups excluding carboxylic acids is 2. The van der Waals surface area contributed by atoms with Crippen LogP contribution in [0, 0.1) is 5.92 Å². The summed E-state index contributed by atoms with van der Waals surface area (Å²) >= 11 is 0. The van der Waals surface area contributed by atoms with E-state index in [9.17, 15) is 14.4 Å². The molecule has 1 aliphatic heterocycles. The summed E-state index contributed by atoms with van der Waals surface area (Å²) in [6.07, 6.45) is 5.23. The number of unbranched alkanes of at least 4 members (excludes halogenated alkanes) is 3. The van der Waals surface area contributed by atoms with E-state index in [1.54, 1.807) is 17.2 Å². The van der Waals surface area contributed by atoms with Gasteiger partial charge in [0.25, 0.3) is 0 Å². The highest BCUT2D eigenvalue weighted by molar-refractivity contribution is 5.89. The lowest BCUT2D eigenvalue weighted by Crippen LogP contribution is -2.33. The van der Waals surface area contributed by atoms with E-state index in [2.05, 4.69) is 5.32 Å². The third kappa shape index (κ3) is 5.72. The lowest BCUT2D eigenvalue weighted by atomic mass is 10.1. The van der Waals surface area contributed by atoms with Gasteiger partial charge in [-0.25, -0.2) is 0 Å². The molecule has 0 spiro atoms. The molecule has 1 fully saturated rings. The number of amides is 2. The number of hydrogen-bond acceptors (Lipinski definition) is 4. The first-order valence-corrected chi connectivity index (χ1v) is 8.36. The number of carbonyl (C=O) groups is 3. The van der Waals surface area contributed by atoms with Crippen LogP contribution in [-0.2, 0) is 20.9 Å². The second-order valence-corrected chi connectivity index (χ2v) is 6.10. The van der Waals surface area contributed by atoms with Crippen molar-refractivity contribution >= 4 is 17.8 Å². The second kappa shape index (κ2) is 9.10. The maximum atomic E-state index is 12.1. The molecule has 1 aliphatic rings. The van der Waals surface area contributed by atoms with Crippen LogP contribution in [0.25, 0.3) is 0 Å². The molecule has 1 aromatic heterocycles. The second-order valence-electron chi connectivity index (χ2n) is 6.10. The molecule has 0 saturated carbocycles. The van der Waals surface area contributed by atoms with E-state index in [0.29, 0.717) is 31.8 Å². The highest BCUT2D eigenvalue weighted by Gasteiger charge is 2.34. The Bertz CT molecular complexity index is 555. The van der Waals surface area contributed by atoms with E-state index in [1.165, 1.54) is 0 Å². The Hall–Kier alpha value is -2.31. The van der Waals surface area contributed by atoms with Gasteiger partial charge in [0.15, 0.2) is 0 Å². The van der Waals surface area contributed by atoms with Crippen LogP contribution >= 0.6 is 0 Å². The number of carboxylic acid groups (broad SMARTS) is 1. The van der Waals surface area contributed by atoms with Crippen LogP contribution in [0.15, 0.2) is 22.8 Å². The third-order valence-corrected chi connectivity index (χ3v) is 4.13. The summed E-state index contributed by atoms with van der Waals surface area (Å²) in [5, 5.41) is 11.4. The van der Waals surface area contributed by atoms with Crippen LogP contribution < -0.4 is 5.32 Å². The fourth-order valence-corrected chi connectivity index (χ4v) is 2.80. The van der Waals surface area contributed by atoms with Gasteiger partial charge < -0.3 is 19.7 Å². The molecule has 7 nitrogen and oxygen atoms in total. The van der Waals surface area contributed by atoms with Gasteiger partial charge in [-0.1, -0.05) is 12.8 Å². The zero-order valence-corrected chi connectivity index (χ0v) is 13.7. The molecule has 132 valence electrons. The smallest absolute Gasteiger partial charge is 0.303 e. The van der Waals surface area contributed by atoms with E-state index < -0.39 is 5.97 Å². The molecule has 2 amide bonds. The maximum absolute atomic E-state index is 12.1. The number of furan rings is 1. The van der Waals surface area contributed by atoms with Gasteiger partial charge in [0, 0.05) is 25.9 Å². The fraction of sp³-hybridized carbons (Fsp3) is 0.588. The van der Waals surface area contributed by atoms with Crippen molar-refractivity contribution in [1.29, 1.82) is 0 Å². The van der Waals surface area contributed by atoms with E-state index >= 15 is 0 Å². The molecule has 0 aliphatic carbocycles. The maximum Gasteiger partial charge on any atom is 0.303 e. The van der Waals surface area contributed by atoms with E-state index in [0.717, 1.165) is 19.3 Å². The van der Waals surface area contributed by atoms with Gasteiger partial charge in [-0.3, -0.25) is 14.4 Å². The average Bonchev–Trinajstić information content (AvgIpc) is 3.17. The van der Waals surface area contributed by atoms with E-state index in [1.807, 2.05) is 6.07 Å². The number of carboxylic acids is 1. The lowest BCUT2D eigenvalue weighted by Gasteiger charge is -2.15. The molecule has 0 unspecified atom stereocenters. The summed E-state index contributed by atoms with van der Waals surface area (Å²) in [4.78, 5) is 36.1. The van der Waals surface area contributed by atoms with Crippen molar-refractivity contribution in [1.82, 2.24) is 10.2 Å². The van der Waals surface area contributed by atoms with Crippen LogP contribution in [0.4, 0.5) is 0 Å². The third-order valence-electron chi connectivity index (χ3n) is 4.13. The van der Waals surface area contributed by atoms with Crippen molar-refractivity contribution in [3.8, 4) is 0 Å². The zero-order valence-electron chi connectivity index (χ0n) is 13.7. The molecule has 0 bridgehead atoms. The minimum Gasteiger partial charge on any atom is -0.481 e. The van der Waals surface area contributed by atoms with Crippen molar-refractivity contribution in [2.24, 2.45) is 5.92 Å². The summed E-state index contributed by atoms with van der Waals surface area (Å²) in [6, 6.07) is 3.58. The fourth-order valence-electron chi connectivity index (χ4n) is 2.80. The first-order valence-electron chi connectivity index (χ1n) is 8.36. The highest BCUT2D eigenvalue weighted by Crippen LogP contribution is 2.20. The van der Waals surface area contributed by atoms with Crippen molar-refractivity contribution in [2.45, 2.75) is 45.1 Å². The minimum atomic E-state index is -0.770. The van der Waals surface area contributed by atoms with Crippen LogP contribution in [0.3, 0.4) is 0 Å². The Balaban J connectivity index is 1.61. The van der Waals surface area contributed by atoms with Crippen LogP contribution in [-0.4, -0.2) is 40.9 Å². The molecule has 24 heavy (non-hydrogen) atoms. The summed E-state index contributed by atoms with van der Waals surface area (Å²) in [5.74, 6) is -0.477. The number of hydrogen-bond donors (Lipinski definition) is 2. The molecule has 1 saturated heterocycles. The monoisotopic (exact) mass is 336 g/mol. The molecule has 0 radical (unpaired) electrons. The Morgan fingerprint density at radius 2 is 2.08 bits per heavy atom. The summed E-state index contributed by atoms with van der Waals surface area (Å²) in [5.41, 5.74) is 0.